The van der Waals surface area contributed by atoms with Crippen molar-refractivity contribution in [1.29, 1.82) is 0 Å². The fourth-order valence-electron chi connectivity index (χ4n) is 2.14. The van der Waals surface area contributed by atoms with Crippen LogP contribution in [0, 0.1) is 5.92 Å². The van der Waals surface area contributed by atoms with Crippen LogP contribution in [0.4, 0.5) is 0 Å². The largest absolute Gasteiger partial charge is 0.461 e. The van der Waals surface area contributed by atoms with Gasteiger partial charge in [-0.05, 0) is 24.5 Å². The Balaban J connectivity index is 0.00000338. The van der Waals surface area contributed by atoms with Crippen LogP contribution in [0.3, 0.4) is 0 Å². The zero-order valence-electron chi connectivity index (χ0n) is 15.6. The van der Waals surface area contributed by atoms with Gasteiger partial charge in [0.2, 0.25) is 5.82 Å². The summed E-state index contributed by atoms with van der Waals surface area (Å²) < 4.78 is 10.8. The lowest BCUT2D eigenvalue weighted by atomic mass is 10.2. The first kappa shape index (κ1) is 22.4. The van der Waals surface area contributed by atoms with Gasteiger partial charge in [-0.15, -0.1) is 24.0 Å². The van der Waals surface area contributed by atoms with Crippen LogP contribution >= 0.6 is 24.0 Å². The second kappa shape index (κ2) is 12.7. The van der Waals surface area contributed by atoms with Crippen molar-refractivity contribution in [2.24, 2.45) is 10.9 Å². The molecule has 0 spiro atoms. The molecule has 0 bridgehead atoms. The summed E-state index contributed by atoms with van der Waals surface area (Å²) in [6, 6.07) is 3.65. The summed E-state index contributed by atoms with van der Waals surface area (Å²) in [6.07, 6.45) is 3.27. The monoisotopic (exact) mass is 476 g/mol. The highest BCUT2D eigenvalue weighted by atomic mass is 127. The molecule has 2 aromatic rings. The Morgan fingerprint density at radius 1 is 1.35 bits per heavy atom. The third-order valence-corrected chi connectivity index (χ3v) is 3.36. The molecule has 0 radical (unpaired) electrons. The van der Waals surface area contributed by atoms with E-state index in [0.717, 1.165) is 38.0 Å². The number of H-pyrrole nitrogens is 1. The van der Waals surface area contributed by atoms with Gasteiger partial charge in [0.05, 0.1) is 6.26 Å². The van der Waals surface area contributed by atoms with E-state index in [2.05, 4.69) is 44.7 Å². The highest BCUT2D eigenvalue weighted by Crippen LogP contribution is 2.14. The second-order valence-electron chi connectivity index (χ2n) is 6.08. The van der Waals surface area contributed by atoms with Gasteiger partial charge >= 0.3 is 0 Å². The molecule has 2 rings (SSSR count). The van der Waals surface area contributed by atoms with E-state index in [0.29, 0.717) is 30.5 Å². The number of halogens is 1. The molecule has 26 heavy (non-hydrogen) atoms. The van der Waals surface area contributed by atoms with Gasteiger partial charge in [0, 0.05) is 39.8 Å². The molecule has 0 aliphatic rings. The molecule has 2 heterocycles. The quantitative estimate of drug-likeness (QED) is 0.211. The van der Waals surface area contributed by atoms with Gasteiger partial charge in [-0.2, -0.15) is 5.10 Å². The Hall–Kier alpha value is -1.62. The van der Waals surface area contributed by atoms with Crippen LogP contribution in [-0.2, 0) is 11.2 Å². The first-order chi connectivity index (χ1) is 12.2. The maximum absolute atomic E-state index is 5.56. The van der Waals surface area contributed by atoms with Crippen LogP contribution in [0.25, 0.3) is 11.6 Å². The van der Waals surface area contributed by atoms with E-state index >= 15 is 0 Å². The minimum Gasteiger partial charge on any atom is -0.461 e. The lowest BCUT2D eigenvalue weighted by Gasteiger charge is -2.11. The molecule has 0 aromatic carbocycles. The van der Waals surface area contributed by atoms with Gasteiger partial charge in [0.15, 0.2) is 11.7 Å². The highest BCUT2D eigenvalue weighted by molar-refractivity contribution is 14.0. The minimum atomic E-state index is 0. The van der Waals surface area contributed by atoms with Gasteiger partial charge in [-0.3, -0.25) is 10.1 Å². The number of ether oxygens (including phenoxy) is 1. The van der Waals surface area contributed by atoms with Crippen molar-refractivity contribution in [3.8, 4) is 11.6 Å². The number of furan rings is 1. The average molecular weight is 476 g/mol. The minimum absolute atomic E-state index is 0. The molecule has 0 aliphatic carbocycles. The predicted octanol–water partition coefficient (Wildman–Crippen LogP) is 2.45. The van der Waals surface area contributed by atoms with Crippen LogP contribution in [0.2, 0.25) is 0 Å². The van der Waals surface area contributed by atoms with Crippen LogP contribution in [0.15, 0.2) is 27.8 Å². The summed E-state index contributed by atoms with van der Waals surface area (Å²) >= 11 is 0. The third kappa shape index (κ3) is 8.17. The van der Waals surface area contributed by atoms with E-state index in [1.54, 1.807) is 13.3 Å². The van der Waals surface area contributed by atoms with Crippen molar-refractivity contribution in [2.75, 3.05) is 33.4 Å². The number of hydrogen-bond acceptors (Lipinski definition) is 5. The van der Waals surface area contributed by atoms with Crippen molar-refractivity contribution in [2.45, 2.75) is 26.7 Å². The van der Waals surface area contributed by atoms with Gasteiger partial charge < -0.3 is 19.8 Å². The Kier molecular flexibility index (Phi) is 10.9. The normalized spacial score (nSPS) is 11.5. The van der Waals surface area contributed by atoms with E-state index in [9.17, 15) is 0 Å². The van der Waals surface area contributed by atoms with E-state index in [4.69, 9.17) is 9.15 Å². The molecular formula is C17H29IN6O2. The zero-order valence-corrected chi connectivity index (χ0v) is 17.9. The first-order valence-corrected chi connectivity index (χ1v) is 8.66. The van der Waals surface area contributed by atoms with Crippen molar-refractivity contribution < 1.29 is 9.15 Å². The maximum atomic E-state index is 5.56. The smallest absolute Gasteiger partial charge is 0.216 e. The lowest BCUT2D eigenvalue weighted by Crippen LogP contribution is -2.39. The highest BCUT2D eigenvalue weighted by Gasteiger charge is 2.08. The molecule has 0 unspecified atom stereocenters. The van der Waals surface area contributed by atoms with Crippen LogP contribution in [-0.4, -0.2) is 54.5 Å². The summed E-state index contributed by atoms with van der Waals surface area (Å²) in [7, 11) is 1.76. The fourth-order valence-corrected chi connectivity index (χ4v) is 2.14. The standard InChI is InChI=1S/C17H28N6O2.HI/c1-13(2)12-24-10-5-8-19-17(18-3)20-9-7-15-21-16(23-22-15)14-6-4-11-25-14;/h4,6,11,13H,5,7-10,12H2,1-3H3,(H2,18,19,20)(H,21,22,23);1H. The van der Waals surface area contributed by atoms with Crippen LogP contribution < -0.4 is 10.6 Å². The number of rotatable bonds is 10. The molecule has 0 fully saturated rings. The summed E-state index contributed by atoms with van der Waals surface area (Å²) in [5, 5.41) is 13.6. The van der Waals surface area contributed by atoms with Crippen LogP contribution in [0.1, 0.15) is 26.1 Å². The molecule has 3 N–H and O–H groups in total. The molecular weight excluding hydrogens is 447 g/mol. The van der Waals surface area contributed by atoms with Crippen molar-refractivity contribution in [3.63, 3.8) is 0 Å². The zero-order chi connectivity index (χ0) is 17.9. The summed E-state index contributed by atoms with van der Waals surface area (Å²) in [5.74, 6) is 3.38. The molecule has 0 saturated carbocycles. The Labute approximate surface area is 171 Å². The maximum Gasteiger partial charge on any atom is 0.216 e. The van der Waals surface area contributed by atoms with E-state index in [1.165, 1.54) is 0 Å². The van der Waals surface area contributed by atoms with Gasteiger partial charge in [0.1, 0.15) is 5.82 Å². The van der Waals surface area contributed by atoms with E-state index < -0.39 is 0 Å². The molecule has 0 aliphatic heterocycles. The van der Waals surface area contributed by atoms with Crippen molar-refractivity contribution in [3.05, 3.63) is 24.2 Å². The molecule has 0 amide bonds. The number of nitrogens with zero attached hydrogens (tertiary/aromatic N) is 3. The molecule has 0 atom stereocenters. The number of aromatic amines is 1. The van der Waals surface area contributed by atoms with Crippen molar-refractivity contribution >= 4 is 29.9 Å². The lowest BCUT2D eigenvalue weighted by molar-refractivity contribution is 0.108. The van der Waals surface area contributed by atoms with Gasteiger partial charge in [-0.25, -0.2) is 4.98 Å². The summed E-state index contributed by atoms with van der Waals surface area (Å²) in [4.78, 5) is 8.61. The predicted molar refractivity (Wildman–Crippen MR) is 113 cm³/mol. The summed E-state index contributed by atoms with van der Waals surface area (Å²) in [6.45, 7) is 7.39. The SMILES string of the molecule is CN=C(NCCCOCC(C)C)NCCc1nc(-c2ccco2)n[nH]1.I. The van der Waals surface area contributed by atoms with Gasteiger partial charge in [-0.1, -0.05) is 13.8 Å². The fraction of sp³-hybridized carbons (Fsp3) is 0.588. The molecule has 9 heteroatoms. The number of aromatic nitrogens is 3. The molecule has 2 aromatic heterocycles. The Morgan fingerprint density at radius 2 is 2.15 bits per heavy atom. The first-order valence-electron chi connectivity index (χ1n) is 8.66. The topological polar surface area (TPSA) is 100 Å². The van der Waals surface area contributed by atoms with E-state index in [-0.39, 0.29) is 24.0 Å². The molecule has 0 saturated heterocycles. The number of aliphatic imine (C=N–C) groups is 1. The number of hydrogen-bond donors (Lipinski definition) is 3. The second-order valence-corrected chi connectivity index (χ2v) is 6.08. The van der Waals surface area contributed by atoms with Crippen molar-refractivity contribution in [1.82, 2.24) is 25.8 Å². The number of nitrogens with one attached hydrogen (secondary N) is 3. The Morgan fingerprint density at radius 3 is 2.85 bits per heavy atom. The average Bonchev–Trinajstić information content (AvgIpc) is 3.27. The Bertz CT molecular complexity index is 627. The molecule has 8 nitrogen and oxygen atoms in total. The van der Waals surface area contributed by atoms with Gasteiger partial charge in [0.25, 0.3) is 0 Å². The third-order valence-electron chi connectivity index (χ3n) is 3.36. The molecule has 146 valence electrons. The number of guanidine groups is 1. The van der Waals surface area contributed by atoms with Crippen LogP contribution in [0.5, 0.6) is 0 Å². The van der Waals surface area contributed by atoms with E-state index in [1.807, 2.05) is 12.1 Å². The summed E-state index contributed by atoms with van der Waals surface area (Å²) in [5.41, 5.74) is 0.